The average Bonchev–Trinajstić information content (AvgIpc) is 3.44. The van der Waals surface area contributed by atoms with Crippen molar-refractivity contribution in [1.29, 1.82) is 0 Å². The molecule has 6 nitrogen and oxygen atoms in total. The Bertz CT molecular complexity index is 1150. The van der Waals surface area contributed by atoms with E-state index >= 15 is 0 Å². The van der Waals surface area contributed by atoms with Crippen molar-refractivity contribution in [3.8, 4) is 0 Å². The fourth-order valence-corrected chi connectivity index (χ4v) is 4.70. The van der Waals surface area contributed by atoms with Gasteiger partial charge in [-0.15, -0.1) is 11.3 Å². The molecule has 1 amide bonds. The molecule has 3 aromatic rings. The lowest BCUT2D eigenvalue weighted by molar-refractivity contribution is -0.129. The Morgan fingerprint density at radius 2 is 2.13 bits per heavy atom. The molecule has 1 N–H and O–H groups in total. The minimum atomic E-state index is -0.671. The molecular weight excluding hydrogens is 438 g/mol. The Morgan fingerprint density at radius 1 is 1.32 bits per heavy atom. The summed E-state index contributed by atoms with van der Waals surface area (Å²) in [6.45, 7) is 4.72. The standard InChI is InChI=1S/C23H22ClNO5S/c1-13(2)29-9-4-8-25-20(18-5-3-10-31-18)19(22(27)23(25)28)21(26)17-12-14-11-15(24)6-7-16(14)30-17/h3,5-7,10-13,20,27H,4,8-9H2,1-2H3. The molecule has 31 heavy (non-hydrogen) atoms. The summed E-state index contributed by atoms with van der Waals surface area (Å²) in [6.07, 6.45) is 0.677. The molecule has 0 saturated carbocycles. The van der Waals surface area contributed by atoms with Crippen LogP contribution in [0.1, 0.15) is 41.7 Å². The number of Topliss-reactive ketones (excluding diaryl/α,β-unsaturated/α-hetero) is 1. The van der Waals surface area contributed by atoms with E-state index < -0.39 is 23.5 Å². The lowest BCUT2D eigenvalue weighted by Crippen LogP contribution is -2.32. The van der Waals surface area contributed by atoms with Gasteiger partial charge in [0, 0.05) is 28.4 Å². The molecule has 0 radical (unpaired) electrons. The molecular formula is C23H22ClNO5S. The van der Waals surface area contributed by atoms with Gasteiger partial charge in [0.2, 0.25) is 5.78 Å². The fraction of sp³-hybridized carbons (Fsp3) is 0.304. The van der Waals surface area contributed by atoms with Crippen LogP contribution in [0.15, 0.2) is 57.5 Å². The quantitative estimate of drug-likeness (QED) is 0.353. The van der Waals surface area contributed by atoms with Crippen molar-refractivity contribution in [3.63, 3.8) is 0 Å². The largest absolute Gasteiger partial charge is 0.503 e. The minimum Gasteiger partial charge on any atom is -0.503 e. The van der Waals surface area contributed by atoms with E-state index in [4.69, 9.17) is 20.8 Å². The van der Waals surface area contributed by atoms with Crippen LogP contribution in [0.5, 0.6) is 0 Å². The number of hydrogen-bond acceptors (Lipinski definition) is 6. The molecule has 0 fully saturated rings. The van der Waals surface area contributed by atoms with Crippen LogP contribution >= 0.6 is 22.9 Å². The number of nitrogens with zero attached hydrogens (tertiary/aromatic N) is 1. The van der Waals surface area contributed by atoms with Crippen LogP contribution in [0.25, 0.3) is 11.0 Å². The first kappa shape index (κ1) is 21.6. The average molecular weight is 460 g/mol. The van der Waals surface area contributed by atoms with Gasteiger partial charge in [0.05, 0.1) is 17.7 Å². The Labute approximate surface area is 188 Å². The van der Waals surface area contributed by atoms with Gasteiger partial charge in [-0.3, -0.25) is 9.59 Å². The summed E-state index contributed by atoms with van der Waals surface area (Å²) < 4.78 is 11.3. The highest BCUT2D eigenvalue weighted by Crippen LogP contribution is 2.41. The van der Waals surface area contributed by atoms with E-state index in [0.29, 0.717) is 35.6 Å². The Balaban J connectivity index is 1.66. The number of furan rings is 1. The number of thiophene rings is 1. The molecule has 0 spiro atoms. The van der Waals surface area contributed by atoms with Gasteiger partial charge in [0.25, 0.3) is 5.91 Å². The maximum Gasteiger partial charge on any atom is 0.290 e. The molecule has 1 aliphatic heterocycles. The van der Waals surface area contributed by atoms with Gasteiger partial charge < -0.3 is 19.2 Å². The van der Waals surface area contributed by atoms with Crippen LogP contribution in [0.4, 0.5) is 0 Å². The number of ketones is 1. The highest BCUT2D eigenvalue weighted by molar-refractivity contribution is 7.10. The number of benzene rings is 1. The molecule has 8 heteroatoms. The van der Waals surface area contributed by atoms with Gasteiger partial charge in [0.1, 0.15) is 5.58 Å². The zero-order valence-corrected chi connectivity index (χ0v) is 18.7. The smallest absolute Gasteiger partial charge is 0.290 e. The van der Waals surface area contributed by atoms with Crippen molar-refractivity contribution < 1.29 is 23.8 Å². The number of carbonyl (C=O) groups is 2. The summed E-state index contributed by atoms with van der Waals surface area (Å²) >= 11 is 7.46. The van der Waals surface area contributed by atoms with Gasteiger partial charge in [-0.2, -0.15) is 0 Å². The van der Waals surface area contributed by atoms with E-state index in [1.807, 2.05) is 31.4 Å². The molecule has 0 saturated heterocycles. The van der Waals surface area contributed by atoms with Gasteiger partial charge in [-0.1, -0.05) is 17.7 Å². The normalized spacial score (nSPS) is 16.8. The predicted molar refractivity (Wildman–Crippen MR) is 120 cm³/mol. The number of aliphatic hydroxyl groups excluding tert-OH is 1. The summed E-state index contributed by atoms with van der Waals surface area (Å²) in [5.74, 6) is -1.56. The van der Waals surface area contributed by atoms with Crippen LogP contribution in [0.2, 0.25) is 5.02 Å². The van der Waals surface area contributed by atoms with Crippen molar-refractivity contribution in [1.82, 2.24) is 4.90 Å². The van der Waals surface area contributed by atoms with E-state index in [2.05, 4.69) is 0 Å². The first-order valence-corrected chi connectivity index (χ1v) is 11.3. The zero-order chi connectivity index (χ0) is 22.1. The lowest BCUT2D eigenvalue weighted by atomic mass is 10.00. The third-order valence-corrected chi connectivity index (χ3v) is 6.22. The first-order valence-electron chi connectivity index (χ1n) is 9.99. The molecule has 3 heterocycles. The third-order valence-electron chi connectivity index (χ3n) is 5.06. The molecule has 1 unspecified atom stereocenters. The van der Waals surface area contributed by atoms with Crippen LogP contribution in [-0.4, -0.2) is 41.0 Å². The molecule has 0 aliphatic carbocycles. The number of carbonyl (C=O) groups excluding carboxylic acids is 2. The summed E-state index contributed by atoms with van der Waals surface area (Å²) in [5.41, 5.74) is 0.537. The van der Waals surface area contributed by atoms with Crippen LogP contribution in [-0.2, 0) is 9.53 Å². The van der Waals surface area contributed by atoms with E-state index in [9.17, 15) is 14.7 Å². The van der Waals surface area contributed by atoms with Gasteiger partial charge in [-0.25, -0.2) is 0 Å². The Hall–Kier alpha value is -2.61. The topological polar surface area (TPSA) is 80.0 Å². The summed E-state index contributed by atoms with van der Waals surface area (Å²) in [7, 11) is 0. The number of rotatable bonds is 8. The summed E-state index contributed by atoms with van der Waals surface area (Å²) in [6, 6.07) is 9.67. The van der Waals surface area contributed by atoms with Gasteiger partial charge >= 0.3 is 0 Å². The second kappa shape index (κ2) is 8.86. The van der Waals surface area contributed by atoms with Crippen LogP contribution < -0.4 is 0 Å². The highest BCUT2D eigenvalue weighted by atomic mass is 35.5. The maximum absolute atomic E-state index is 13.4. The van der Waals surface area contributed by atoms with E-state index in [0.717, 1.165) is 4.88 Å². The molecule has 2 aromatic heterocycles. The molecule has 1 aliphatic rings. The van der Waals surface area contributed by atoms with Crippen LogP contribution in [0, 0.1) is 0 Å². The van der Waals surface area contributed by atoms with Crippen molar-refractivity contribution >= 4 is 45.6 Å². The number of aliphatic hydroxyl groups is 1. The molecule has 0 bridgehead atoms. The third kappa shape index (κ3) is 4.26. The van der Waals surface area contributed by atoms with Crippen LogP contribution in [0.3, 0.4) is 0 Å². The number of fused-ring (bicyclic) bond motifs is 1. The van der Waals surface area contributed by atoms with E-state index in [-0.39, 0.29) is 17.4 Å². The van der Waals surface area contributed by atoms with E-state index in [1.165, 1.54) is 16.2 Å². The number of amides is 1. The minimum absolute atomic E-state index is 0.0300. The monoisotopic (exact) mass is 459 g/mol. The lowest BCUT2D eigenvalue weighted by Gasteiger charge is -2.25. The molecule has 162 valence electrons. The second-order valence-electron chi connectivity index (χ2n) is 7.57. The summed E-state index contributed by atoms with van der Waals surface area (Å²) in [5, 5.41) is 13.7. The zero-order valence-electron chi connectivity index (χ0n) is 17.1. The second-order valence-corrected chi connectivity index (χ2v) is 8.99. The fourth-order valence-electron chi connectivity index (χ4n) is 3.67. The van der Waals surface area contributed by atoms with Gasteiger partial charge in [0.15, 0.2) is 11.5 Å². The van der Waals surface area contributed by atoms with Crippen molar-refractivity contribution in [3.05, 3.63) is 68.8 Å². The number of ether oxygens (including phenoxy) is 1. The number of halogens is 1. The molecule has 4 rings (SSSR count). The van der Waals surface area contributed by atoms with Gasteiger partial charge in [-0.05, 0) is 56.0 Å². The van der Waals surface area contributed by atoms with Crippen molar-refractivity contribution in [2.45, 2.75) is 32.4 Å². The molecule has 1 atom stereocenters. The Morgan fingerprint density at radius 3 is 2.84 bits per heavy atom. The summed E-state index contributed by atoms with van der Waals surface area (Å²) in [4.78, 5) is 28.6. The highest BCUT2D eigenvalue weighted by Gasteiger charge is 2.44. The van der Waals surface area contributed by atoms with E-state index in [1.54, 1.807) is 24.3 Å². The van der Waals surface area contributed by atoms with Crippen molar-refractivity contribution in [2.24, 2.45) is 0 Å². The maximum atomic E-state index is 13.4. The predicted octanol–water partition coefficient (Wildman–Crippen LogP) is 5.54. The van der Waals surface area contributed by atoms with Crippen molar-refractivity contribution in [2.75, 3.05) is 13.2 Å². The number of hydrogen-bond donors (Lipinski definition) is 1. The molecule has 1 aromatic carbocycles. The Kier molecular flexibility index (Phi) is 6.18. The first-order chi connectivity index (χ1) is 14.9. The SMILES string of the molecule is CC(C)OCCCN1C(=O)C(O)=C(C(=O)c2cc3cc(Cl)ccc3o2)C1c1cccs1.